The Morgan fingerprint density at radius 3 is 2.63 bits per heavy atom. The molecule has 3 heteroatoms. The van der Waals surface area contributed by atoms with Crippen molar-refractivity contribution in [3.63, 3.8) is 0 Å². The van der Waals surface area contributed by atoms with Crippen molar-refractivity contribution in [1.29, 1.82) is 0 Å². The molecule has 0 N–H and O–H groups in total. The zero-order valence-corrected chi connectivity index (χ0v) is 11.9. The monoisotopic (exact) mass is 260 g/mol. The van der Waals surface area contributed by atoms with Crippen molar-refractivity contribution in [2.75, 3.05) is 7.11 Å². The molecule has 0 heterocycles. The highest BCUT2D eigenvalue weighted by molar-refractivity contribution is 6.04. The predicted octanol–water partition coefficient (Wildman–Crippen LogP) is 3.06. The van der Waals surface area contributed by atoms with Gasteiger partial charge in [0.05, 0.1) is 7.11 Å². The largest absolute Gasteiger partial charge is 0.497 e. The van der Waals surface area contributed by atoms with Crippen LogP contribution in [0.4, 0.5) is 0 Å². The number of hydrogen-bond acceptors (Lipinski definition) is 3. The Hall–Kier alpha value is -1.64. The van der Waals surface area contributed by atoms with Crippen LogP contribution in [-0.2, 0) is 11.2 Å². The van der Waals surface area contributed by atoms with Gasteiger partial charge in [0, 0.05) is 23.3 Å². The average molecular weight is 260 g/mol. The molecule has 1 aromatic carbocycles. The summed E-state index contributed by atoms with van der Waals surface area (Å²) in [5.74, 6) is 0.795. The Morgan fingerprint density at radius 1 is 1.37 bits per heavy atom. The SMILES string of the molecule is COc1ccc2c(c1)CC(CC(=O)C(C)(C)C)C2=O. The summed E-state index contributed by atoms with van der Waals surface area (Å²) in [6.45, 7) is 5.68. The molecule has 0 aliphatic heterocycles. The van der Waals surface area contributed by atoms with Crippen LogP contribution in [0.2, 0.25) is 0 Å². The first-order valence-corrected chi connectivity index (χ1v) is 6.57. The Labute approximate surface area is 114 Å². The van der Waals surface area contributed by atoms with Gasteiger partial charge < -0.3 is 4.74 Å². The van der Waals surface area contributed by atoms with Gasteiger partial charge in [0.15, 0.2) is 5.78 Å². The van der Waals surface area contributed by atoms with Crippen molar-refractivity contribution in [1.82, 2.24) is 0 Å². The molecule has 0 amide bonds. The molecule has 1 atom stereocenters. The van der Waals surface area contributed by atoms with E-state index < -0.39 is 0 Å². The van der Waals surface area contributed by atoms with Crippen molar-refractivity contribution >= 4 is 11.6 Å². The van der Waals surface area contributed by atoms with Crippen LogP contribution in [0, 0.1) is 11.3 Å². The van der Waals surface area contributed by atoms with E-state index in [9.17, 15) is 9.59 Å². The number of Topliss-reactive ketones (excluding diaryl/α,β-unsaturated/α-hetero) is 2. The minimum Gasteiger partial charge on any atom is -0.497 e. The third-order valence-corrected chi connectivity index (χ3v) is 3.68. The van der Waals surface area contributed by atoms with Crippen LogP contribution in [-0.4, -0.2) is 18.7 Å². The van der Waals surface area contributed by atoms with Crippen LogP contribution < -0.4 is 4.74 Å². The number of benzene rings is 1. The third-order valence-electron chi connectivity index (χ3n) is 3.68. The molecule has 1 aliphatic rings. The van der Waals surface area contributed by atoms with E-state index in [0.717, 1.165) is 16.9 Å². The highest BCUT2D eigenvalue weighted by Gasteiger charge is 2.34. The van der Waals surface area contributed by atoms with Crippen molar-refractivity contribution in [3.05, 3.63) is 29.3 Å². The number of carbonyl (C=O) groups excluding carboxylic acids is 2. The third kappa shape index (κ3) is 2.70. The van der Waals surface area contributed by atoms with Gasteiger partial charge in [-0.25, -0.2) is 0 Å². The maximum atomic E-state index is 12.3. The van der Waals surface area contributed by atoms with E-state index in [1.807, 2.05) is 26.8 Å². The second-order valence-electron chi connectivity index (χ2n) is 6.17. The molecule has 0 bridgehead atoms. The first-order valence-electron chi connectivity index (χ1n) is 6.57. The number of hydrogen-bond donors (Lipinski definition) is 0. The quantitative estimate of drug-likeness (QED) is 0.839. The summed E-state index contributed by atoms with van der Waals surface area (Å²) in [7, 11) is 1.61. The molecule has 1 unspecified atom stereocenters. The van der Waals surface area contributed by atoms with Crippen LogP contribution in [0.3, 0.4) is 0 Å². The molecule has 1 aromatic rings. The Morgan fingerprint density at radius 2 is 2.05 bits per heavy atom. The molecule has 0 saturated carbocycles. The standard InChI is InChI=1S/C16H20O3/c1-16(2,3)14(17)9-11-7-10-8-12(19-4)5-6-13(10)15(11)18/h5-6,8,11H,7,9H2,1-4H3. The second kappa shape index (κ2) is 4.80. The van der Waals surface area contributed by atoms with E-state index in [1.165, 1.54) is 0 Å². The summed E-state index contributed by atoms with van der Waals surface area (Å²) in [6.07, 6.45) is 0.979. The van der Waals surface area contributed by atoms with Gasteiger partial charge in [-0.15, -0.1) is 0 Å². The Bertz CT molecular complexity index is 523. The molecule has 102 valence electrons. The lowest BCUT2D eigenvalue weighted by Crippen LogP contribution is -2.25. The zero-order valence-electron chi connectivity index (χ0n) is 11.9. The average Bonchev–Trinajstić information content (AvgIpc) is 2.64. The molecule has 0 spiro atoms. The number of ketones is 2. The van der Waals surface area contributed by atoms with Gasteiger partial charge in [-0.3, -0.25) is 9.59 Å². The lowest BCUT2D eigenvalue weighted by Gasteiger charge is -2.18. The van der Waals surface area contributed by atoms with E-state index in [0.29, 0.717) is 12.8 Å². The fourth-order valence-corrected chi connectivity index (χ4v) is 2.38. The number of fused-ring (bicyclic) bond motifs is 1. The van der Waals surface area contributed by atoms with Gasteiger partial charge in [-0.05, 0) is 30.2 Å². The lowest BCUT2D eigenvalue weighted by molar-refractivity contribution is -0.126. The summed E-state index contributed by atoms with van der Waals surface area (Å²) in [4.78, 5) is 24.3. The molecule has 3 nitrogen and oxygen atoms in total. The van der Waals surface area contributed by atoms with Gasteiger partial charge in [-0.2, -0.15) is 0 Å². The van der Waals surface area contributed by atoms with E-state index in [-0.39, 0.29) is 22.9 Å². The fourth-order valence-electron chi connectivity index (χ4n) is 2.38. The first-order chi connectivity index (χ1) is 8.82. The second-order valence-corrected chi connectivity index (χ2v) is 6.17. The maximum Gasteiger partial charge on any atom is 0.166 e. The molecule has 1 aliphatic carbocycles. The number of rotatable bonds is 3. The highest BCUT2D eigenvalue weighted by Crippen LogP contribution is 2.33. The van der Waals surface area contributed by atoms with Crippen LogP contribution in [0.1, 0.15) is 43.1 Å². The van der Waals surface area contributed by atoms with Gasteiger partial charge >= 0.3 is 0 Å². The van der Waals surface area contributed by atoms with Crippen molar-refractivity contribution in [2.24, 2.45) is 11.3 Å². The summed E-state index contributed by atoms with van der Waals surface area (Å²) in [5, 5.41) is 0. The summed E-state index contributed by atoms with van der Waals surface area (Å²) in [6, 6.07) is 5.50. The Balaban J connectivity index is 2.17. The number of carbonyl (C=O) groups is 2. The normalized spacial score (nSPS) is 18.3. The molecule has 19 heavy (non-hydrogen) atoms. The minimum atomic E-state index is -0.382. The van der Waals surface area contributed by atoms with Crippen LogP contribution >= 0.6 is 0 Å². The zero-order chi connectivity index (χ0) is 14.2. The Kier molecular flexibility index (Phi) is 3.48. The van der Waals surface area contributed by atoms with E-state index >= 15 is 0 Å². The smallest absolute Gasteiger partial charge is 0.166 e. The summed E-state index contributed by atoms with van der Waals surface area (Å²) in [5.41, 5.74) is 1.36. The molecule has 0 fully saturated rings. The summed E-state index contributed by atoms with van der Waals surface area (Å²) >= 11 is 0. The van der Waals surface area contributed by atoms with Crippen LogP contribution in [0.25, 0.3) is 0 Å². The molecular formula is C16H20O3. The van der Waals surface area contributed by atoms with E-state index in [2.05, 4.69) is 0 Å². The van der Waals surface area contributed by atoms with E-state index in [4.69, 9.17) is 4.74 Å². The fraction of sp³-hybridized carbons (Fsp3) is 0.500. The molecule has 0 radical (unpaired) electrons. The van der Waals surface area contributed by atoms with Crippen molar-refractivity contribution < 1.29 is 14.3 Å². The number of methoxy groups -OCH3 is 1. The highest BCUT2D eigenvalue weighted by atomic mass is 16.5. The number of ether oxygens (including phenoxy) is 1. The van der Waals surface area contributed by atoms with E-state index in [1.54, 1.807) is 19.2 Å². The lowest BCUT2D eigenvalue weighted by atomic mass is 9.84. The summed E-state index contributed by atoms with van der Waals surface area (Å²) < 4.78 is 5.17. The van der Waals surface area contributed by atoms with Gasteiger partial charge in [0.25, 0.3) is 0 Å². The van der Waals surface area contributed by atoms with Gasteiger partial charge in [0.1, 0.15) is 11.5 Å². The molecule has 0 saturated heterocycles. The molecule has 0 aromatic heterocycles. The molecular weight excluding hydrogens is 240 g/mol. The van der Waals surface area contributed by atoms with Crippen molar-refractivity contribution in [3.8, 4) is 5.75 Å². The topological polar surface area (TPSA) is 43.4 Å². The van der Waals surface area contributed by atoms with Gasteiger partial charge in [-0.1, -0.05) is 20.8 Å². The first kappa shape index (κ1) is 13.8. The minimum absolute atomic E-state index is 0.0928. The predicted molar refractivity (Wildman–Crippen MR) is 73.6 cm³/mol. The van der Waals surface area contributed by atoms with Gasteiger partial charge in [0.2, 0.25) is 0 Å². The van der Waals surface area contributed by atoms with Crippen LogP contribution in [0.5, 0.6) is 5.75 Å². The molecule has 2 rings (SSSR count). The maximum absolute atomic E-state index is 12.3. The van der Waals surface area contributed by atoms with Crippen LogP contribution in [0.15, 0.2) is 18.2 Å². The van der Waals surface area contributed by atoms with Crippen molar-refractivity contribution in [2.45, 2.75) is 33.6 Å².